The molecular weight excluding hydrogens is 366 g/mol. The molecule has 3 N–H and O–H groups in total. The summed E-state index contributed by atoms with van der Waals surface area (Å²) in [6.07, 6.45) is 2.59. The van der Waals surface area contributed by atoms with Crippen molar-refractivity contribution in [3.63, 3.8) is 0 Å². The molecule has 0 aromatic heterocycles. The molecule has 1 aliphatic heterocycles. The molecule has 6 nitrogen and oxygen atoms in total. The molecule has 0 atom stereocenters. The zero-order chi connectivity index (χ0) is 20.5. The number of hydrogen-bond acceptors (Lipinski definition) is 4. The lowest BCUT2D eigenvalue weighted by Gasteiger charge is -2.21. The Bertz CT molecular complexity index is 797. The minimum absolute atomic E-state index is 0.0421. The van der Waals surface area contributed by atoms with E-state index in [9.17, 15) is 9.59 Å². The van der Waals surface area contributed by atoms with Crippen molar-refractivity contribution in [3.8, 4) is 5.75 Å². The molecule has 0 radical (unpaired) electrons. The summed E-state index contributed by atoms with van der Waals surface area (Å²) in [6, 6.07) is 15.3. The average molecular weight is 396 g/mol. The molecule has 0 unspecified atom stereocenters. The summed E-state index contributed by atoms with van der Waals surface area (Å²) in [7, 11) is 0. The number of carbonyl (C=O) groups excluding carboxylic acids is 2. The molecule has 3 rings (SSSR count). The van der Waals surface area contributed by atoms with Crippen molar-refractivity contribution >= 4 is 17.5 Å². The van der Waals surface area contributed by atoms with Crippen LogP contribution in [-0.4, -0.2) is 38.1 Å². The first-order valence-electron chi connectivity index (χ1n) is 10.2. The fourth-order valence-corrected chi connectivity index (χ4v) is 3.29. The lowest BCUT2D eigenvalue weighted by molar-refractivity contribution is -0.125. The maximum atomic E-state index is 12.1. The van der Waals surface area contributed by atoms with Crippen LogP contribution in [0.1, 0.15) is 24.0 Å². The molecular formula is C23H29N3O3. The Labute approximate surface area is 172 Å². The van der Waals surface area contributed by atoms with E-state index in [0.29, 0.717) is 12.3 Å². The normalized spacial score (nSPS) is 14.2. The van der Waals surface area contributed by atoms with Gasteiger partial charge in [0.25, 0.3) is 5.91 Å². The number of nitrogens with one attached hydrogen (secondary N) is 3. The van der Waals surface area contributed by atoms with Gasteiger partial charge in [0.2, 0.25) is 5.91 Å². The van der Waals surface area contributed by atoms with Crippen molar-refractivity contribution in [2.24, 2.45) is 5.92 Å². The standard InChI is InChI=1S/C23H29N3O3/c1-17-2-6-20(7-3-17)26-22(27)16-29-21-8-4-18(5-9-21)10-15-25-23(28)19-11-13-24-14-12-19/h2-9,19,24H,10-16H2,1H3,(H,25,28)(H,26,27). The first kappa shape index (κ1) is 20.9. The summed E-state index contributed by atoms with van der Waals surface area (Å²) < 4.78 is 5.55. The summed E-state index contributed by atoms with van der Waals surface area (Å²) >= 11 is 0. The van der Waals surface area contributed by atoms with Crippen molar-refractivity contribution in [2.75, 3.05) is 31.6 Å². The molecule has 2 aromatic carbocycles. The number of amides is 2. The van der Waals surface area contributed by atoms with Gasteiger partial charge in [-0.05, 0) is 69.1 Å². The van der Waals surface area contributed by atoms with E-state index < -0.39 is 0 Å². The third kappa shape index (κ3) is 6.91. The Balaban J connectivity index is 1.36. The van der Waals surface area contributed by atoms with E-state index in [4.69, 9.17) is 4.74 Å². The molecule has 0 saturated carbocycles. The first-order chi connectivity index (χ1) is 14.1. The van der Waals surface area contributed by atoms with Gasteiger partial charge in [0.05, 0.1) is 0 Å². The summed E-state index contributed by atoms with van der Waals surface area (Å²) in [6.45, 7) is 4.42. The Hall–Kier alpha value is -2.86. The minimum atomic E-state index is -0.196. The predicted octanol–water partition coefficient (Wildman–Crippen LogP) is 2.67. The fourth-order valence-electron chi connectivity index (χ4n) is 3.29. The fraction of sp³-hybridized carbons (Fsp3) is 0.391. The number of carbonyl (C=O) groups is 2. The van der Waals surface area contributed by atoms with E-state index >= 15 is 0 Å². The summed E-state index contributed by atoms with van der Waals surface area (Å²) in [5, 5.41) is 9.11. The van der Waals surface area contributed by atoms with Gasteiger partial charge in [-0.3, -0.25) is 9.59 Å². The number of ether oxygens (including phenoxy) is 1. The lowest BCUT2D eigenvalue weighted by Crippen LogP contribution is -2.38. The Kier molecular flexibility index (Phi) is 7.64. The van der Waals surface area contributed by atoms with Crippen molar-refractivity contribution in [1.82, 2.24) is 10.6 Å². The highest BCUT2D eigenvalue weighted by atomic mass is 16.5. The number of piperidine rings is 1. The number of rotatable bonds is 8. The SMILES string of the molecule is Cc1ccc(NC(=O)COc2ccc(CCNC(=O)C3CCNCC3)cc2)cc1. The van der Waals surface area contributed by atoms with E-state index in [-0.39, 0.29) is 24.3 Å². The van der Waals surface area contributed by atoms with E-state index in [0.717, 1.165) is 49.2 Å². The molecule has 2 amide bonds. The zero-order valence-corrected chi connectivity index (χ0v) is 16.9. The molecule has 2 aromatic rings. The maximum Gasteiger partial charge on any atom is 0.262 e. The minimum Gasteiger partial charge on any atom is -0.484 e. The molecule has 0 bridgehead atoms. The molecule has 1 fully saturated rings. The number of benzene rings is 2. The van der Waals surface area contributed by atoms with Gasteiger partial charge >= 0.3 is 0 Å². The number of hydrogen-bond donors (Lipinski definition) is 3. The third-order valence-corrected chi connectivity index (χ3v) is 5.05. The summed E-state index contributed by atoms with van der Waals surface area (Å²) in [5.41, 5.74) is 3.02. The highest BCUT2D eigenvalue weighted by Crippen LogP contribution is 2.14. The van der Waals surface area contributed by atoms with Crippen LogP contribution >= 0.6 is 0 Å². The van der Waals surface area contributed by atoms with Crippen molar-refractivity contribution in [3.05, 3.63) is 59.7 Å². The highest BCUT2D eigenvalue weighted by molar-refractivity contribution is 5.91. The molecule has 154 valence electrons. The van der Waals surface area contributed by atoms with E-state index in [1.165, 1.54) is 0 Å². The van der Waals surface area contributed by atoms with Crippen LogP contribution in [0.2, 0.25) is 0 Å². The predicted molar refractivity (Wildman–Crippen MR) is 114 cm³/mol. The second kappa shape index (κ2) is 10.6. The number of aryl methyl sites for hydroxylation is 1. The molecule has 6 heteroatoms. The quantitative estimate of drug-likeness (QED) is 0.642. The van der Waals surface area contributed by atoms with E-state index in [1.807, 2.05) is 55.5 Å². The number of anilines is 1. The van der Waals surface area contributed by atoms with Gasteiger partial charge < -0.3 is 20.7 Å². The van der Waals surface area contributed by atoms with Gasteiger partial charge in [0.1, 0.15) is 5.75 Å². The van der Waals surface area contributed by atoms with Crippen molar-refractivity contribution < 1.29 is 14.3 Å². The Morgan fingerprint density at radius 1 is 1.03 bits per heavy atom. The van der Waals surface area contributed by atoms with Gasteiger partial charge in [-0.1, -0.05) is 29.8 Å². The molecule has 29 heavy (non-hydrogen) atoms. The topological polar surface area (TPSA) is 79.5 Å². The summed E-state index contributed by atoms with van der Waals surface area (Å²) in [5.74, 6) is 0.745. The van der Waals surface area contributed by atoms with Crippen LogP contribution in [0.15, 0.2) is 48.5 Å². The van der Waals surface area contributed by atoms with Gasteiger partial charge in [-0.2, -0.15) is 0 Å². The van der Waals surface area contributed by atoms with Gasteiger partial charge in [-0.25, -0.2) is 0 Å². The molecule has 1 aliphatic rings. The monoisotopic (exact) mass is 395 g/mol. The second-order valence-electron chi connectivity index (χ2n) is 7.41. The smallest absolute Gasteiger partial charge is 0.262 e. The summed E-state index contributed by atoms with van der Waals surface area (Å²) in [4.78, 5) is 24.1. The van der Waals surface area contributed by atoms with Crippen LogP contribution in [0.3, 0.4) is 0 Å². The van der Waals surface area contributed by atoms with Gasteiger partial charge in [0.15, 0.2) is 6.61 Å². The van der Waals surface area contributed by atoms with E-state index in [1.54, 1.807) is 0 Å². The zero-order valence-electron chi connectivity index (χ0n) is 16.9. The van der Waals surface area contributed by atoms with Crippen LogP contribution in [0.25, 0.3) is 0 Å². The van der Waals surface area contributed by atoms with Crippen LogP contribution in [-0.2, 0) is 16.0 Å². The molecule has 0 aliphatic carbocycles. The second-order valence-corrected chi connectivity index (χ2v) is 7.41. The Morgan fingerprint density at radius 3 is 2.41 bits per heavy atom. The molecule has 1 heterocycles. The van der Waals surface area contributed by atoms with Crippen LogP contribution in [0.5, 0.6) is 5.75 Å². The average Bonchev–Trinajstić information content (AvgIpc) is 2.75. The third-order valence-electron chi connectivity index (χ3n) is 5.05. The van der Waals surface area contributed by atoms with Crippen LogP contribution in [0, 0.1) is 12.8 Å². The maximum absolute atomic E-state index is 12.1. The highest BCUT2D eigenvalue weighted by Gasteiger charge is 2.20. The van der Waals surface area contributed by atoms with Gasteiger partial charge in [0, 0.05) is 18.2 Å². The molecule has 0 spiro atoms. The van der Waals surface area contributed by atoms with E-state index in [2.05, 4.69) is 16.0 Å². The lowest BCUT2D eigenvalue weighted by atomic mass is 9.97. The molecule has 1 saturated heterocycles. The van der Waals surface area contributed by atoms with Crippen LogP contribution in [0.4, 0.5) is 5.69 Å². The van der Waals surface area contributed by atoms with Crippen molar-refractivity contribution in [2.45, 2.75) is 26.2 Å². The largest absolute Gasteiger partial charge is 0.484 e. The first-order valence-corrected chi connectivity index (χ1v) is 10.2. The van der Waals surface area contributed by atoms with Gasteiger partial charge in [-0.15, -0.1) is 0 Å². The van der Waals surface area contributed by atoms with Crippen LogP contribution < -0.4 is 20.7 Å². The van der Waals surface area contributed by atoms with Crippen molar-refractivity contribution in [1.29, 1.82) is 0 Å². The Morgan fingerprint density at radius 2 is 1.72 bits per heavy atom.